The van der Waals surface area contributed by atoms with E-state index in [1.165, 1.54) is 31.0 Å². The molecule has 8 heteroatoms. The van der Waals surface area contributed by atoms with Crippen molar-refractivity contribution in [3.8, 4) is 0 Å². The Bertz CT molecular complexity index is 691. The number of hydrogen-bond acceptors (Lipinski definition) is 5. The number of hydrogen-bond donors (Lipinski definition) is 2. The molecule has 0 bridgehead atoms. The van der Waals surface area contributed by atoms with E-state index < -0.39 is 23.8 Å². The number of rotatable bonds is 4. The van der Waals surface area contributed by atoms with Crippen LogP contribution in [-0.2, 0) is 11.2 Å². The van der Waals surface area contributed by atoms with Crippen molar-refractivity contribution in [2.75, 3.05) is 0 Å². The van der Waals surface area contributed by atoms with Gasteiger partial charge in [0.1, 0.15) is 6.04 Å². The first-order valence-electron chi connectivity index (χ1n) is 6.11. The van der Waals surface area contributed by atoms with Crippen LogP contribution in [0.15, 0.2) is 31.0 Å². The molecule has 2 aromatic rings. The molecule has 1 atom stereocenters. The summed E-state index contributed by atoms with van der Waals surface area (Å²) < 4.78 is 0. The Morgan fingerprint density at radius 2 is 2.00 bits per heavy atom. The number of imidazole rings is 1. The molecule has 3 heterocycles. The van der Waals surface area contributed by atoms with Gasteiger partial charge in [-0.2, -0.15) is 0 Å². The van der Waals surface area contributed by atoms with E-state index in [0.717, 1.165) is 4.90 Å². The predicted molar refractivity (Wildman–Crippen MR) is 68.5 cm³/mol. The maximum atomic E-state index is 12.3. The monoisotopic (exact) mass is 286 g/mol. The van der Waals surface area contributed by atoms with Crippen LogP contribution in [0.3, 0.4) is 0 Å². The van der Waals surface area contributed by atoms with E-state index in [1.807, 2.05) is 0 Å². The number of aromatic nitrogens is 3. The molecular weight excluding hydrogens is 276 g/mol. The van der Waals surface area contributed by atoms with E-state index in [2.05, 4.69) is 15.0 Å². The van der Waals surface area contributed by atoms with Crippen LogP contribution in [0, 0.1) is 0 Å². The molecule has 0 aliphatic carbocycles. The van der Waals surface area contributed by atoms with Crippen molar-refractivity contribution < 1.29 is 19.5 Å². The van der Waals surface area contributed by atoms with Gasteiger partial charge in [-0.25, -0.2) is 9.78 Å². The van der Waals surface area contributed by atoms with Gasteiger partial charge in [0, 0.05) is 30.7 Å². The number of nitrogens with zero attached hydrogens (tertiary/aromatic N) is 3. The van der Waals surface area contributed by atoms with Crippen molar-refractivity contribution in [3.05, 3.63) is 47.8 Å². The lowest BCUT2D eigenvalue weighted by atomic mass is 10.1. The van der Waals surface area contributed by atoms with Gasteiger partial charge in [-0.3, -0.25) is 19.5 Å². The third kappa shape index (κ3) is 2.06. The summed E-state index contributed by atoms with van der Waals surface area (Å²) in [6.45, 7) is 0. The molecule has 2 aromatic heterocycles. The second kappa shape index (κ2) is 4.82. The SMILES string of the molecule is O=C(O)C(Cc1cnc[nH]1)N1C(=O)c2ccncc2C1=O. The molecule has 1 aliphatic rings. The number of H-pyrrole nitrogens is 1. The minimum Gasteiger partial charge on any atom is -0.480 e. The molecule has 0 saturated heterocycles. The molecule has 0 saturated carbocycles. The predicted octanol–water partition coefficient (Wildman–Crippen LogP) is 0.0966. The van der Waals surface area contributed by atoms with E-state index in [9.17, 15) is 19.5 Å². The number of carboxylic acid groups (broad SMARTS) is 1. The number of carbonyl (C=O) groups is 3. The van der Waals surface area contributed by atoms with Gasteiger partial charge in [0.2, 0.25) is 0 Å². The van der Waals surface area contributed by atoms with Crippen molar-refractivity contribution in [1.29, 1.82) is 0 Å². The van der Waals surface area contributed by atoms with E-state index >= 15 is 0 Å². The Morgan fingerprint density at radius 3 is 2.62 bits per heavy atom. The Hall–Kier alpha value is -3.03. The zero-order valence-electron chi connectivity index (χ0n) is 10.7. The second-order valence-electron chi connectivity index (χ2n) is 4.54. The van der Waals surface area contributed by atoms with Gasteiger partial charge in [-0.05, 0) is 6.07 Å². The van der Waals surface area contributed by atoms with Gasteiger partial charge in [-0.15, -0.1) is 0 Å². The van der Waals surface area contributed by atoms with Crippen LogP contribution >= 0.6 is 0 Å². The molecule has 1 unspecified atom stereocenters. The second-order valence-corrected chi connectivity index (χ2v) is 4.54. The van der Waals surface area contributed by atoms with Crippen molar-refractivity contribution >= 4 is 17.8 Å². The normalized spacial score (nSPS) is 15.1. The number of imide groups is 1. The van der Waals surface area contributed by atoms with Gasteiger partial charge in [0.15, 0.2) is 0 Å². The number of aromatic amines is 1. The van der Waals surface area contributed by atoms with Crippen LogP contribution in [0.25, 0.3) is 0 Å². The molecule has 21 heavy (non-hydrogen) atoms. The molecule has 0 aromatic carbocycles. The summed E-state index contributed by atoms with van der Waals surface area (Å²) in [4.78, 5) is 47.1. The summed E-state index contributed by atoms with van der Waals surface area (Å²) in [6.07, 6.45) is 5.48. The summed E-state index contributed by atoms with van der Waals surface area (Å²) in [5.41, 5.74) is 0.821. The molecule has 0 radical (unpaired) electrons. The van der Waals surface area contributed by atoms with Crippen LogP contribution in [-0.4, -0.2) is 48.8 Å². The fraction of sp³-hybridized carbons (Fsp3) is 0.154. The third-order valence-corrected chi connectivity index (χ3v) is 3.28. The highest BCUT2D eigenvalue weighted by molar-refractivity contribution is 6.22. The van der Waals surface area contributed by atoms with Gasteiger partial charge in [0.25, 0.3) is 11.8 Å². The molecule has 8 nitrogen and oxygen atoms in total. The minimum absolute atomic E-state index is 0.0335. The Balaban J connectivity index is 1.96. The highest BCUT2D eigenvalue weighted by Gasteiger charge is 2.43. The summed E-state index contributed by atoms with van der Waals surface area (Å²) in [7, 11) is 0. The van der Waals surface area contributed by atoms with Crippen LogP contribution < -0.4 is 0 Å². The van der Waals surface area contributed by atoms with Crippen LogP contribution in [0.4, 0.5) is 0 Å². The third-order valence-electron chi connectivity index (χ3n) is 3.28. The first kappa shape index (κ1) is 13.0. The molecular formula is C13H10N4O4. The Kier molecular flexibility index (Phi) is 2.98. The minimum atomic E-state index is -1.29. The van der Waals surface area contributed by atoms with Crippen LogP contribution in [0.5, 0.6) is 0 Å². The maximum absolute atomic E-state index is 12.3. The zero-order valence-corrected chi connectivity index (χ0v) is 10.7. The van der Waals surface area contributed by atoms with Crippen LogP contribution in [0.1, 0.15) is 26.4 Å². The van der Waals surface area contributed by atoms with Crippen LogP contribution in [0.2, 0.25) is 0 Å². The van der Waals surface area contributed by atoms with Crippen molar-refractivity contribution in [1.82, 2.24) is 19.9 Å². The molecule has 0 fully saturated rings. The number of nitrogens with one attached hydrogen (secondary N) is 1. The Labute approximate surface area is 118 Å². The average Bonchev–Trinajstić information content (AvgIpc) is 3.06. The summed E-state index contributed by atoms with van der Waals surface area (Å²) in [6, 6.07) is 0.114. The number of carboxylic acids is 1. The zero-order chi connectivity index (χ0) is 15.0. The van der Waals surface area contributed by atoms with E-state index in [0.29, 0.717) is 5.69 Å². The average molecular weight is 286 g/mol. The lowest BCUT2D eigenvalue weighted by molar-refractivity contribution is -0.141. The number of carbonyl (C=O) groups excluding carboxylic acids is 2. The fourth-order valence-corrected chi connectivity index (χ4v) is 2.28. The fourth-order valence-electron chi connectivity index (χ4n) is 2.28. The highest BCUT2D eigenvalue weighted by Crippen LogP contribution is 2.25. The van der Waals surface area contributed by atoms with E-state index in [4.69, 9.17) is 0 Å². The topological polar surface area (TPSA) is 116 Å². The number of aliphatic carboxylic acids is 1. The lowest BCUT2D eigenvalue weighted by Crippen LogP contribution is -2.46. The molecule has 106 valence electrons. The van der Waals surface area contributed by atoms with Gasteiger partial charge in [0.05, 0.1) is 17.5 Å². The summed E-state index contributed by atoms with van der Waals surface area (Å²) in [5.74, 6) is -2.52. The largest absolute Gasteiger partial charge is 0.480 e. The van der Waals surface area contributed by atoms with Gasteiger partial charge >= 0.3 is 5.97 Å². The number of fused-ring (bicyclic) bond motifs is 1. The lowest BCUT2D eigenvalue weighted by Gasteiger charge is -2.21. The smallest absolute Gasteiger partial charge is 0.327 e. The maximum Gasteiger partial charge on any atom is 0.327 e. The molecule has 1 aliphatic heterocycles. The summed E-state index contributed by atoms with van der Waals surface area (Å²) in [5, 5.41) is 9.35. The van der Waals surface area contributed by atoms with Crippen molar-refractivity contribution in [3.63, 3.8) is 0 Å². The van der Waals surface area contributed by atoms with Crippen molar-refractivity contribution in [2.24, 2.45) is 0 Å². The van der Waals surface area contributed by atoms with E-state index in [1.54, 1.807) is 0 Å². The van der Waals surface area contributed by atoms with E-state index in [-0.39, 0.29) is 17.5 Å². The van der Waals surface area contributed by atoms with Gasteiger partial charge < -0.3 is 10.1 Å². The molecule has 2 amide bonds. The molecule has 3 rings (SSSR count). The number of amides is 2. The molecule has 2 N–H and O–H groups in total. The quantitative estimate of drug-likeness (QED) is 0.770. The van der Waals surface area contributed by atoms with Crippen molar-refractivity contribution in [2.45, 2.75) is 12.5 Å². The first-order chi connectivity index (χ1) is 10.1. The Morgan fingerprint density at radius 1 is 1.24 bits per heavy atom. The number of pyridine rings is 1. The van der Waals surface area contributed by atoms with Gasteiger partial charge in [-0.1, -0.05) is 0 Å². The molecule has 0 spiro atoms. The standard InChI is InChI=1S/C13H10N4O4/c18-11-8-1-2-14-5-9(8)12(19)17(11)10(13(20)21)3-7-4-15-6-16-7/h1-2,4-6,10H,3H2,(H,15,16)(H,20,21). The summed E-state index contributed by atoms with van der Waals surface area (Å²) >= 11 is 0. The highest BCUT2D eigenvalue weighted by atomic mass is 16.4. The first-order valence-corrected chi connectivity index (χ1v) is 6.11.